The van der Waals surface area contributed by atoms with Crippen molar-refractivity contribution >= 4 is 39.9 Å². The number of aromatic amines is 1. The van der Waals surface area contributed by atoms with E-state index >= 15 is 0 Å². The smallest absolute Gasteiger partial charge is 0.248 e. The fourth-order valence-electron chi connectivity index (χ4n) is 5.01. The predicted octanol–water partition coefficient (Wildman–Crippen LogP) is 5.47. The molecule has 4 N–H and O–H groups in total. The monoisotopic (exact) mass is 624 g/mol. The first kappa shape index (κ1) is 32.2. The minimum Gasteiger partial charge on any atom is -0.494 e. The Bertz CT molecular complexity index is 1830. The van der Waals surface area contributed by atoms with Gasteiger partial charge in [-0.05, 0) is 57.8 Å². The van der Waals surface area contributed by atoms with Gasteiger partial charge in [-0.15, -0.1) is 0 Å². The first-order chi connectivity index (χ1) is 22.3. The second-order valence-corrected chi connectivity index (χ2v) is 11.1. The van der Waals surface area contributed by atoms with Crippen molar-refractivity contribution in [2.75, 3.05) is 63.5 Å². The number of hydrogen-bond acceptors (Lipinski definition) is 10. The summed E-state index contributed by atoms with van der Waals surface area (Å²) in [5.74, 6) is 1.39. The van der Waals surface area contributed by atoms with Gasteiger partial charge in [0.15, 0.2) is 0 Å². The zero-order valence-electron chi connectivity index (χ0n) is 26.8. The zero-order chi connectivity index (χ0) is 32.6. The number of nitrogens with zero attached hydrogens (tertiary/aromatic N) is 5. The molecule has 0 radical (unpaired) electrons. The molecule has 0 atom stereocenters. The summed E-state index contributed by atoms with van der Waals surface area (Å²) in [5.41, 5.74) is 5.68. The number of benzene rings is 2. The largest absolute Gasteiger partial charge is 0.494 e. The fraction of sp³-hybridized carbons (Fsp3) is 0.294. The molecule has 0 unspecified atom stereocenters. The number of likely N-dealkylation sites (N-methyl/N-ethyl adjacent to an activating group) is 2. The molecule has 0 aliphatic rings. The van der Waals surface area contributed by atoms with E-state index < -0.39 is 0 Å². The van der Waals surface area contributed by atoms with Gasteiger partial charge < -0.3 is 39.7 Å². The third-order valence-corrected chi connectivity index (χ3v) is 7.40. The van der Waals surface area contributed by atoms with Crippen molar-refractivity contribution in [3.63, 3.8) is 0 Å². The molecule has 12 heteroatoms. The molecule has 5 aromatic rings. The number of anilines is 4. The van der Waals surface area contributed by atoms with Gasteiger partial charge in [0.05, 0.1) is 47.5 Å². The number of nitrogens with one attached hydrogen (secondary N) is 3. The Hall–Kier alpha value is -5.20. The van der Waals surface area contributed by atoms with Gasteiger partial charge in [-0.1, -0.05) is 18.2 Å². The minimum atomic E-state index is -0.240. The summed E-state index contributed by atoms with van der Waals surface area (Å²) in [5, 5.41) is 16.7. The molecule has 0 bridgehead atoms. The number of rotatable bonds is 14. The van der Waals surface area contributed by atoms with Crippen molar-refractivity contribution in [2.45, 2.75) is 19.8 Å². The average Bonchev–Trinajstić information content (AvgIpc) is 3.70. The second kappa shape index (κ2) is 14.7. The van der Waals surface area contributed by atoms with Crippen LogP contribution < -0.4 is 20.3 Å². The van der Waals surface area contributed by atoms with Crippen LogP contribution in [-0.2, 0) is 11.2 Å². The molecule has 3 aromatic heterocycles. The topological polar surface area (TPSA) is 145 Å². The molecular weight excluding hydrogens is 584 g/mol. The lowest BCUT2D eigenvalue weighted by molar-refractivity contribution is -0.111. The predicted molar refractivity (Wildman–Crippen MR) is 182 cm³/mol. The van der Waals surface area contributed by atoms with E-state index in [0.717, 1.165) is 41.1 Å². The number of hydrogen-bond donors (Lipinski definition) is 4. The maximum absolute atomic E-state index is 12.6. The van der Waals surface area contributed by atoms with Crippen molar-refractivity contribution in [3.05, 3.63) is 72.9 Å². The summed E-state index contributed by atoms with van der Waals surface area (Å²) in [6.45, 7) is 3.42. The van der Waals surface area contributed by atoms with Crippen LogP contribution >= 0.6 is 0 Å². The number of allylic oxidation sites excluding steroid dienone is 1. The normalized spacial score (nSPS) is 11.5. The van der Waals surface area contributed by atoms with E-state index in [1.165, 1.54) is 6.08 Å². The molecule has 0 saturated heterocycles. The lowest BCUT2D eigenvalue weighted by Gasteiger charge is -2.26. The van der Waals surface area contributed by atoms with E-state index in [1.807, 2.05) is 63.6 Å². The van der Waals surface area contributed by atoms with Gasteiger partial charge >= 0.3 is 0 Å². The van der Waals surface area contributed by atoms with Gasteiger partial charge in [-0.3, -0.25) is 4.79 Å². The molecule has 0 saturated carbocycles. The van der Waals surface area contributed by atoms with Crippen molar-refractivity contribution < 1.29 is 19.1 Å². The van der Waals surface area contributed by atoms with E-state index in [4.69, 9.17) is 19.1 Å². The van der Waals surface area contributed by atoms with Crippen molar-refractivity contribution in [1.29, 1.82) is 0 Å². The highest BCUT2D eigenvalue weighted by molar-refractivity contribution is 6.02. The maximum Gasteiger partial charge on any atom is 0.248 e. The van der Waals surface area contributed by atoms with E-state index in [-0.39, 0.29) is 12.5 Å². The van der Waals surface area contributed by atoms with Gasteiger partial charge in [0.2, 0.25) is 11.9 Å². The number of aliphatic hydroxyl groups excluding tert-OH is 1. The number of imidazole rings is 1. The lowest BCUT2D eigenvalue weighted by Crippen LogP contribution is -2.29. The number of aromatic nitrogens is 4. The molecule has 3 heterocycles. The number of aliphatic hydroxyl groups is 1. The van der Waals surface area contributed by atoms with Crippen molar-refractivity contribution in [1.82, 2.24) is 24.8 Å². The second-order valence-electron chi connectivity index (χ2n) is 11.1. The summed E-state index contributed by atoms with van der Waals surface area (Å²) in [6, 6.07) is 13.4. The molecule has 0 aliphatic heterocycles. The van der Waals surface area contributed by atoms with Crippen LogP contribution in [0.1, 0.15) is 19.2 Å². The highest BCUT2D eigenvalue weighted by Crippen LogP contribution is 2.38. The molecule has 240 valence electrons. The van der Waals surface area contributed by atoms with E-state index in [2.05, 4.69) is 30.4 Å². The molecular formula is C34H40N8O4. The summed E-state index contributed by atoms with van der Waals surface area (Å²) >= 11 is 0. The number of furan rings is 1. The summed E-state index contributed by atoms with van der Waals surface area (Å²) in [6.07, 6.45) is 7.66. The molecule has 2 aromatic carbocycles. The number of amides is 1. The van der Waals surface area contributed by atoms with Crippen LogP contribution in [0.15, 0.2) is 71.5 Å². The SMILES string of the molecule is C/C=C/C(=O)Nc1cc(Nc2nccc(-c3[nH]c(CCCO)nc3-c3ccc4ccoc4c3)n2)c(OC)cc1N(C)CCN(C)C. The Labute approximate surface area is 268 Å². The van der Waals surface area contributed by atoms with Crippen LogP contribution in [0.3, 0.4) is 0 Å². The number of ether oxygens (including phenoxy) is 1. The molecule has 0 aliphatic carbocycles. The van der Waals surface area contributed by atoms with Gasteiger partial charge in [-0.2, -0.15) is 0 Å². The molecule has 46 heavy (non-hydrogen) atoms. The molecule has 0 fully saturated rings. The number of fused-ring (bicyclic) bond motifs is 1. The first-order valence-electron chi connectivity index (χ1n) is 15.1. The molecule has 1 amide bonds. The third-order valence-electron chi connectivity index (χ3n) is 7.40. The molecule has 0 spiro atoms. The lowest BCUT2D eigenvalue weighted by atomic mass is 10.1. The standard InChI is InChI=1S/C34H40N8O4/c1-6-8-31(44)36-25-20-26(29(45-5)21-27(25)42(4)16-15-41(2)3)38-34-35-14-12-24(37-34)33-32(39-30(40-33)9-7-17-43)23-11-10-22-13-18-46-28(22)19-23/h6,8,10-14,18-21,43H,7,9,15-17H2,1-5H3,(H,36,44)(H,39,40)(H,35,37,38)/b8-6+. The van der Waals surface area contributed by atoms with Crippen LogP contribution in [0.5, 0.6) is 5.75 Å². The van der Waals surface area contributed by atoms with E-state index in [1.54, 1.807) is 32.6 Å². The van der Waals surface area contributed by atoms with Crippen LogP contribution in [0, 0.1) is 0 Å². The van der Waals surface area contributed by atoms with Crippen LogP contribution in [0.4, 0.5) is 23.0 Å². The van der Waals surface area contributed by atoms with Crippen LogP contribution in [0.2, 0.25) is 0 Å². The number of aryl methyl sites for hydroxylation is 1. The van der Waals surface area contributed by atoms with Gasteiger partial charge in [0.1, 0.15) is 17.2 Å². The molecule has 12 nitrogen and oxygen atoms in total. The Kier molecular flexibility index (Phi) is 10.3. The maximum atomic E-state index is 12.6. The van der Waals surface area contributed by atoms with Crippen LogP contribution in [0.25, 0.3) is 33.6 Å². The summed E-state index contributed by atoms with van der Waals surface area (Å²) in [7, 11) is 7.61. The van der Waals surface area contributed by atoms with E-state index in [0.29, 0.717) is 53.0 Å². The number of methoxy groups -OCH3 is 1. The Morgan fingerprint density at radius 1 is 1.09 bits per heavy atom. The van der Waals surface area contributed by atoms with Crippen LogP contribution in [-0.4, -0.2) is 83.8 Å². The quantitative estimate of drug-likeness (QED) is 0.117. The van der Waals surface area contributed by atoms with E-state index in [9.17, 15) is 9.90 Å². The third kappa shape index (κ3) is 7.53. The highest BCUT2D eigenvalue weighted by Gasteiger charge is 2.19. The Morgan fingerprint density at radius 2 is 1.93 bits per heavy atom. The average molecular weight is 625 g/mol. The van der Waals surface area contributed by atoms with Gasteiger partial charge in [0.25, 0.3) is 0 Å². The Morgan fingerprint density at radius 3 is 2.70 bits per heavy atom. The Balaban J connectivity index is 1.52. The summed E-state index contributed by atoms with van der Waals surface area (Å²) in [4.78, 5) is 34.4. The fourth-order valence-corrected chi connectivity index (χ4v) is 5.01. The number of carbonyl (C=O) groups excluding carboxylic acids is 1. The highest BCUT2D eigenvalue weighted by atomic mass is 16.5. The molecule has 5 rings (SSSR count). The van der Waals surface area contributed by atoms with Crippen molar-refractivity contribution in [2.24, 2.45) is 0 Å². The minimum absolute atomic E-state index is 0.0640. The zero-order valence-corrected chi connectivity index (χ0v) is 26.8. The first-order valence-corrected chi connectivity index (χ1v) is 15.1. The van der Waals surface area contributed by atoms with Crippen molar-refractivity contribution in [3.8, 4) is 28.4 Å². The van der Waals surface area contributed by atoms with Gasteiger partial charge in [0, 0.05) is 56.4 Å². The summed E-state index contributed by atoms with van der Waals surface area (Å²) < 4.78 is 11.4. The number of carbonyl (C=O) groups is 1. The number of H-pyrrole nitrogens is 1. The van der Waals surface area contributed by atoms with Gasteiger partial charge in [-0.25, -0.2) is 15.0 Å².